The molecule has 3 aromatic carbocycles. The molecule has 4 rings (SSSR count). The third-order valence-corrected chi connectivity index (χ3v) is 6.23. The number of benzene rings is 3. The van der Waals surface area contributed by atoms with Gasteiger partial charge in [0.15, 0.2) is 0 Å². The van der Waals surface area contributed by atoms with Gasteiger partial charge in [-0.25, -0.2) is 13.6 Å². The predicted octanol–water partition coefficient (Wildman–Crippen LogP) is 7.30. The van der Waals surface area contributed by atoms with Crippen molar-refractivity contribution in [1.29, 1.82) is 0 Å². The summed E-state index contributed by atoms with van der Waals surface area (Å²) in [6.45, 7) is 3.37. The highest BCUT2D eigenvalue weighted by molar-refractivity contribution is 5.92. The highest BCUT2D eigenvalue weighted by Crippen LogP contribution is 2.42. The molecule has 1 heterocycles. The minimum atomic E-state index is -4.59. The number of halogens is 5. The van der Waals surface area contributed by atoms with Crippen LogP contribution in [0.4, 0.5) is 27.6 Å². The van der Waals surface area contributed by atoms with Gasteiger partial charge in [-0.15, -0.1) is 0 Å². The van der Waals surface area contributed by atoms with E-state index in [2.05, 4.69) is 0 Å². The van der Waals surface area contributed by atoms with E-state index in [1.54, 1.807) is 25.1 Å². The van der Waals surface area contributed by atoms with Gasteiger partial charge in [0, 0.05) is 34.6 Å². The van der Waals surface area contributed by atoms with Gasteiger partial charge in [-0.05, 0) is 74.4 Å². The van der Waals surface area contributed by atoms with Crippen LogP contribution in [0.5, 0.6) is 5.75 Å². The van der Waals surface area contributed by atoms with Crippen LogP contribution in [0.3, 0.4) is 0 Å². The lowest BCUT2D eigenvalue weighted by Crippen LogP contribution is -2.27. The first-order valence-electron chi connectivity index (χ1n) is 11.5. The Bertz CT molecular complexity index is 1370. The first-order valence-corrected chi connectivity index (χ1v) is 11.5. The number of alkyl halides is 3. The normalized spacial score (nSPS) is 15.5. The summed E-state index contributed by atoms with van der Waals surface area (Å²) >= 11 is 0. The molecule has 0 saturated carbocycles. The Labute approximate surface area is 210 Å². The van der Waals surface area contributed by atoms with Crippen LogP contribution >= 0.6 is 0 Å². The molecular formula is C28H24F5NO3. The Morgan fingerprint density at radius 1 is 1.05 bits per heavy atom. The topological polar surface area (TPSA) is 38.8 Å². The maximum absolute atomic E-state index is 14.1. The lowest BCUT2D eigenvalue weighted by molar-refractivity contribution is -0.137. The quantitative estimate of drug-likeness (QED) is 0.254. The van der Waals surface area contributed by atoms with Gasteiger partial charge in [-0.3, -0.25) is 0 Å². The van der Waals surface area contributed by atoms with E-state index in [0.29, 0.717) is 28.9 Å². The average molecular weight is 517 g/mol. The van der Waals surface area contributed by atoms with E-state index in [1.807, 2.05) is 17.9 Å². The van der Waals surface area contributed by atoms with Crippen LogP contribution in [0.2, 0.25) is 0 Å². The molecule has 1 aliphatic heterocycles. The minimum absolute atomic E-state index is 0.0619. The van der Waals surface area contributed by atoms with Crippen LogP contribution in [0.15, 0.2) is 60.7 Å². The van der Waals surface area contributed by atoms with Crippen molar-refractivity contribution in [3.8, 4) is 5.75 Å². The molecule has 0 amide bonds. The summed E-state index contributed by atoms with van der Waals surface area (Å²) in [5.74, 6) is -1.93. The molecule has 9 heteroatoms. The average Bonchev–Trinajstić information content (AvgIpc) is 3.23. The van der Waals surface area contributed by atoms with Crippen molar-refractivity contribution in [3.05, 3.63) is 100 Å². The summed E-state index contributed by atoms with van der Waals surface area (Å²) in [5.41, 5.74) is 1.57. The summed E-state index contributed by atoms with van der Waals surface area (Å²) in [5, 5.41) is 0. The van der Waals surface area contributed by atoms with Crippen LogP contribution in [-0.2, 0) is 17.5 Å². The number of carbonyl (C=O) groups excluding carboxylic acids is 1. The fraction of sp³-hybridized carbons (Fsp3) is 0.250. The maximum Gasteiger partial charge on any atom is 0.416 e. The lowest BCUT2D eigenvalue weighted by Gasteiger charge is -2.30. The molecule has 0 saturated heterocycles. The van der Waals surface area contributed by atoms with Gasteiger partial charge < -0.3 is 14.4 Å². The number of carbonyl (C=O) groups is 1. The predicted molar refractivity (Wildman–Crippen MR) is 129 cm³/mol. The molecule has 0 radical (unpaired) electrons. The molecule has 1 unspecified atom stereocenters. The second-order valence-corrected chi connectivity index (χ2v) is 8.77. The van der Waals surface area contributed by atoms with Crippen LogP contribution in [-0.4, -0.2) is 19.1 Å². The summed E-state index contributed by atoms with van der Waals surface area (Å²) in [6, 6.07) is 11.1. The number of rotatable bonds is 6. The first-order chi connectivity index (χ1) is 17.5. The van der Waals surface area contributed by atoms with Gasteiger partial charge in [0.2, 0.25) is 0 Å². The van der Waals surface area contributed by atoms with Crippen molar-refractivity contribution in [2.24, 2.45) is 0 Å². The van der Waals surface area contributed by atoms with Gasteiger partial charge in [-0.1, -0.05) is 6.08 Å². The van der Waals surface area contributed by atoms with E-state index < -0.39 is 29.3 Å². The molecule has 0 fully saturated rings. The van der Waals surface area contributed by atoms with Crippen molar-refractivity contribution < 1.29 is 36.2 Å². The number of aryl methyl sites for hydroxylation is 1. The Balaban J connectivity index is 1.74. The number of anilines is 1. The molecule has 0 N–H and O–H groups in total. The maximum atomic E-state index is 14.1. The highest BCUT2D eigenvalue weighted by Gasteiger charge is 2.34. The van der Waals surface area contributed by atoms with E-state index in [4.69, 9.17) is 9.47 Å². The van der Waals surface area contributed by atoms with Crippen LogP contribution < -0.4 is 9.64 Å². The van der Waals surface area contributed by atoms with Crippen molar-refractivity contribution in [1.82, 2.24) is 0 Å². The minimum Gasteiger partial charge on any atom is -0.488 e. The van der Waals surface area contributed by atoms with Gasteiger partial charge in [0.25, 0.3) is 0 Å². The summed E-state index contributed by atoms with van der Waals surface area (Å²) in [4.78, 5) is 13.9. The SMILES string of the molecule is COC(=O)c1ccc(N2C(c3cc(C(F)(F)F)ccc3OCc3ccc(F)cc3F)=CCC2C)cc1C. The van der Waals surface area contributed by atoms with E-state index in [0.717, 1.165) is 24.3 Å². The number of hydrogen-bond donors (Lipinski definition) is 0. The van der Waals surface area contributed by atoms with Crippen molar-refractivity contribution in [2.75, 3.05) is 12.0 Å². The molecular weight excluding hydrogens is 493 g/mol. The number of nitrogens with zero attached hydrogens (tertiary/aromatic N) is 1. The van der Waals surface area contributed by atoms with Crippen molar-refractivity contribution >= 4 is 17.4 Å². The molecule has 3 aromatic rings. The summed E-state index contributed by atoms with van der Waals surface area (Å²) in [6.07, 6.45) is -2.23. The Morgan fingerprint density at radius 2 is 1.81 bits per heavy atom. The molecule has 1 aliphatic rings. The molecule has 0 aromatic heterocycles. The Morgan fingerprint density at radius 3 is 2.46 bits per heavy atom. The lowest BCUT2D eigenvalue weighted by atomic mass is 10.0. The number of esters is 1. The van der Waals surface area contributed by atoms with Gasteiger partial charge in [0.1, 0.15) is 24.0 Å². The fourth-order valence-electron chi connectivity index (χ4n) is 4.32. The summed E-state index contributed by atoms with van der Waals surface area (Å²) < 4.78 is 78.9. The Hall–Kier alpha value is -3.88. The molecule has 0 spiro atoms. The zero-order chi connectivity index (χ0) is 26.9. The van der Waals surface area contributed by atoms with Crippen LogP contribution in [0.1, 0.15) is 46.0 Å². The second-order valence-electron chi connectivity index (χ2n) is 8.77. The van der Waals surface area contributed by atoms with Gasteiger partial charge >= 0.3 is 12.1 Å². The molecule has 37 heavy (non-hydrogen) atoms. The zero-order valence-electron chi connectivity index (χ0n) is 20.3. The number of hydrogen-bond acceptors (Lipinski definition) is 4. The molecule has 0 aliphatic carbocycles. The largest absolute Gasteiger partial charge is 0.488 e. The van der Waals surface area contributed by atoms with E-state index in [1.165, 1.54) is 19.2 Å². The van der Waals surface area contributed by atoms with Gasteiger partial charge in [0.05, 0.1) is 18.2 Å². The number of methoxy groups -OCH3 is 1. The summed E-state index contributed by atoms with van der Waals surface area (Å²) in [7, 11) is 1.28. The van der Waals surface area contributed by atoms with Crippen LogP contribution in [0.25, 0.3) is 5.70 Å². The molecule has 194 valence electrons. The third-order valence-electron chi connectivity index (χ3n) is 6.23. The first kappa shape index (κ1) is 26.2. The monoisotopic (exact) mass is 517 g/mol. The molecule has 0 bridgehead atoms. The molecule has 4 nitrogen and oxygen atoms in total. The van der Waals surface area contributed by atoms with Crippen molar-refractivity contribution in [3.63, 3.8) is 0 Å². The van der Waals surface area contributed by atoms with E-state index in [9.17, 15) is 26.7 Å². The van der Waals surface area contributed by atoms with E-state index >= 15 is 0 Å². The zero-order valence-corrected chi connectivity index (χ0v) is 20.3. The fourth-order valence-corrected chi connectivity index (χ4v) is 4.32. The van der Waals surface area contributed by atoms with E-state index in [-0.39, 0.29) is 29.5 Å². The highest BCUT2D eigenvalue weighted by atomic mass is 19.4. The Kier molecular flexibility index (Phi) is 7.25. The van der Waals surface area contributed by atoms with Gasteiger partial charge in [-0.2, -0.15) is 13.2 Å². The standard InChI is InChI=1S/C28H24F5NO3/c1-16-12-21(8-9-22(16)27(35)36-3)34-17(2)4-10-25(34)23-13-19(28(31,32)33)6-11-26(23)37-15-18-5-7-20(29)14-24(18)30/h5-14,17H,4,15H2,1-3H3. The second kappa shape index (κ2) is 10.2. The third kappa shape index (κ3) is 5.45. The van der Waals surface area contributed by atoms with Crippen LogP contribution in [0, 0.1) is 18.6 Å². The smallest absolute Gasteiger partial charge is 0.416 e. The molecule has 1 atom stereocenters. The number of ether oxygens (including phenoxy) is 2. The van der Waals surface area contributed by atoms with Crippen molar-refractivity contribution in [2.45, 2.75) is 39.1 Å².